The number of hydrogen-bond donors (Lipinski definition) is 1. The number of amides is 1. The smallest absolute Gasteiger partial charge is 0.252 e. The minimum Gasteiger partial charge on any atom is -0.352 e. The molecule has 1 aromatic heterocycles. The van der Waals surface area contributed by atoms with Crippen molar-refractivity contribution in [2.24, 2.45) is 11.8 Å². The van der Waals surface area contributed by atoms with Gasteiger partial charge in [-0.3, -0.25) is 4.79 Å². The van der Waals surface area contributed by atoms with Gasteiger partial charge in [0.2, 0.25) is 0 Å². The Morgan fingerprint density at radius 2 is 2.21 bits per heavy atom. The van der Waals surface area contributed by atoms with E-state index in [0.717, 1.165) is 43.7 Å². The van der Waals surface area contributed by atoms with Crippen molar-refractivity contribution in [2.75, 3.05) is 6.54 Å². The highest BCUT2D eigenvalue weighted by Crippen LogP contribution is 2.32. The molecule has 0 radical (unpaired) electrons. The average molecular weight is 279 g/mol. The molecule has 1 amide bonds. The van der Waals surface area contributed by atoms with Crippen molar-refractivity contribution in [3.8, 4) is 0 Å². The minimum absolute atomic E-state index is 0.138. The lowest BCUT2D eigenvalue weighted by Gasteiger charge is -2.19. The van der Waals surface area contributed by atoms with Crippen LogP contribution in [0.15, 0.2) is 5.38 Å². The SMILES string of the molecule is CCC(CC)CNC(=O)c1csc2c1CCC(C)C2. The van der Waals surface area contributed by atoms with E-state index in [1.807, 2.05) is 0 Å². The van der Waals surface area contributed by atoms with E-state index < -0.39 is 0 Å². The standard InChI is InChI=1S/C16H25NOS/c1-4-12(5-2)9-17-16(18)14-10-19-15-8-11(3)6-7-13(14)15/h10-12H,4-9H2,1-3H3,(H,17,18). The van der Waals surface area contributed by atoms with E-state index >= 15 is 0 Å². The molecule has 1 aliphatic carbocycles. The van der Waals surface area contributed by atoms with E-state index in [1.165, 1.54) is 16.9 Å². The van der Waals surface area contributed by atoms with Gasteiger partial charge >= 0.3 is 0 Å². The van der Waals surface area contributed by atoms with Gasteiger partial charge in [0.05, 0.1) is 5.56 Å². The van der Waals surface area contributed by atoms with Gasteiger partial charge in [-0.2, -0.15) is 0 Å². The predicted octanol–water partition coefficient (Wildman–Crippen LogP) is 4.04. The van der Waals surface area contributed by atoms with Crippen LogP contribution in [0.4, 0.5) is 0 Å². The number of hydrogen-bond acceptors (Lipinski definition) is 2. The number of carbonyl (C=O) groups excluding carboxylic acids is 1. The summed E-state index contributed by atoms with van der Waals surface area (Å²) in [5, 5.41) is 5.18. The second-order valence-corrected chi connectivity index (χ2v) is 6.76. The number of nitrogens with one attached hydrogen (secondary N) is 1. The summed E-state index contributed by atoms with van der Waals surface area (Å²) >= 11 is 1.77. The molecule has 0 spiro atoms. The van der Waals surface area contributed by atoms with E-state index in [-0.39, 0.29) is 5.91 Å². The molecule has 1 atom stereocenters. The van der Waals surface area contributed by atoms with Crippen molar-refractivity contribution in [3.05, 3.63) is 21.4 Å². The van der Waals surface area contributed by atoms with Gasteiger partial charge in [-0.1, -0.05) is 33.6 Å². The molecule has 0 fully saturated rings. The maximum Gasteiger partial charge on any atom is 0.252 e. The second kappa shape index (κ2) is 6.56. The molecule has 19 heavy (non-hydrogen) atoms. The highest BCUT2D eigenvalue weighted by molar-refractivity contribution is 7.10. The quantitative estimate of drug-likeness (QED) is 0.866. The van der Waals surface area contributed by atoms with Gasteiger partial charge in [-0.05, 0) is 36.7 Å². The number of carbonyl (C=O) groups is 1. The van der Waals surface area contributed by atoms with Crippen LogP contribution in [0.1, 0.15) is 60.8 Å². The third-order valence-electron chi connectivity index (χ3n) is 4.35. The van der Waals surface area contributed by atoms with Crippen LogP contribution in [-0.4, -0.2) is 12.5 Å². The molecule has 0 bridgehead atoms. The van der Waals surface area contributed by atoms with Crippen molar-refractivity contribution in [1.82, 2.24) is 5.32 Å². The first kappa shape index (κ1) is 14.6. The molecule has 3 heteroatoms. The van der Waals surface area contributed by atoms with E-state index in [9.17, 15) is 4.79 Å². The molecule has 1 N–H and O–H groups in total. The summed E-state index contributed by atoms with van der Waals surface area (Å²) in [5.41, 5.74) is 2.27. The number of fused-ring (bicyclic) bond motifs is 1. The van der Waals surface area contributed by atoms with Crippen LogP contribution < -0.4 is 5.32 Å². The van der Waals surface area contributed by atoms with Gasteiger partial charge in [0, 0.05) is 16.8 Å². The zero-order valence-electron chi connectivity index (χ0n) is 12.3. The number of rotatable bonds is 5. The van der Waals surface area contributed by atoms with Crippen molar-refractivity contribution < 1.29 is 4.79 Å². The Labute approximate surface area is 120 Å². The van der Waals surface area contributed by atoms with Gasteiger partial charge in [0.15, 0.2) is 0 Å². The fraction of sp³-hybridized carbons (Fsp3) is 0.688. The lowest BCUT2D eigenvalue weighted by atomic mass is 9.88. The fourth-order valence-corrected chi connectivity index (χ4v) is 4.02. The van der Waals surface area contributed by atoms with Gasteiger partial charge < -0.3 is 5.32 Å². The zero-order chi connectivity index (χ0) is 13.8. The Morgan fingerprint density at radius 1 is 1.47 bits per heavy atom. The van der Waals surface area contributed by atoms with Crippen molar-refractivity contribution in [1.29, 1.82) is 0 Å². The Bertz CT molecular complexity index is 434. The molecule has 2 rings (SSSR count). The van der Waals surface area contributed by atoms with Gasteiger partial charge in [0.1, 0.15) is 0 Å². The van der Waals surface area contributed by atoms with Gasteiger partial charge in [-0.15, -0.1) is 11.3 Å². The maximum absolute atomic E-state index is 12.3. The summed E-state index contributed by atoms with van der Waals surface area (Å²) in [7, 11) is 0. The van der Waals surface area contributed by atoms with Crippen molar-refractivity contribution in [3.63, 3.8) is 0 Å². The molecule has 1 unspecified atom stereocenters. The molecular formula is C16H25NOS. The van der Waals surface area contributed by atoms with E-state index in [1.54, 1.807) is 11.3 Å². The van der Waals surface area contributed by atoms with E-state index in [2.05, 4.69) is 31.5 Å². The van der Waals surface area contributed by atoms with Crippen molar-refractivity contribution in [2.45, 2.75) is 52.9 Å². The largest absolute Gasteiger partial charge is 0.352 e. The summed E-state index contributed by atoms with van der Waals surface area (Å²) in [6, 6.07) is 0. The molecule has 2 nitrogen and oxygen atoms in total. The summed E-state index contributed by atoms with van der Waals surface area (Å²) in [4.78, 5) is 13.7. The Kier molecular flexibility index (Phi) is 5.03. The van der Waals surface area contributed by atoms with E-state index in [4.69, 9.17) is 0 Å². The predicted molar refractivity (Wildman–Crippen MR) is 81.9 cm³/mol. The first-order chi connectivity index (χ1) is 9.15. The fourth-order valence-electron chi connectivity index (χ4n) is 2.78. The Hall–Kier alpha value is -0.830. The highest BCUT2D eigenvalue weighted by atomic mass is 32.1. The van der Waals surface area contributed by atoms with Crippen LogP contribution in [-0.2, 0) is 12.8 Å². The molecule has 0 saturated heterocycles. The average Bonchev–Trinajstić information content (AvgIpc) is 2.82. The van der Waals surface area contributed by atoms with Crippen LogP contribution in [0, 0.1) is 11.8 Å². The lowest BCUT2D eigenvalue weighted by Crippen LogP contribution is -2.29. The third kappa shape index (κ3) is 3.38. The molecule has 106 valence electrons. The normalized spacial score (nSPS) is 18.4. The summed E-state index contributed by atoms with van der Waals surface area (Å²) in [5.74, 6) is 1.52. The summed E-state index contributed by atoms with van der Waals surface area (Å²) < 4.78 is 0. The minimum atomic E-state index is 0.138. The van der Waals surface area contributed by atoms with Crippen LogP contribution >= 0.6 is 11.3 Å². The third-order valence-corrected chi connectivity index (χ3v) is 5.40. The maximum atomic E-state index is 12.3. The Balaban J connectivity index is 2.00. The Morgan fingerprint density at radius 3 is 2.89 bits per heavy atom. The summed E-state index contributed by atoms with van der Waals surface area (Å²) in [6.45, 7) is 7.49. The summed E-state index contributed by atoms with van der Waals surface area (Å²) in [6.07, 6.45) is 5.72. The number of thiophene rings is 1. The van der Waals surface area contributed by atoms with Crippen molar-refractivity contribution >= 4 is 17.2 Å². The molecule has 1 aromatic rings. The molecule has 1 aliphatic rings. The first-order valence-corrected chi connectivity index (χ1v) is 8.41. The van der Waals surface area contributed by atoms with Crippen LogP contribution in [0.3, 0.4) is 0 Å². The molecule has 0 aromatic carbocycles. The highest BCUT2D eigenvalue weighted by Gasteiger charge is 2.23. The first-order valence-electron chi connectivity index (χ1n) is 7.53. The topological polar surface area (TPSA) is 29.1 Å². The van der Waals surface area contributed by atoms with Gasteiger partial charge in [-0.25, -0.2) is 0 Å². The molecule has 1 heterocycles. The van der Waals surface area contributed by atoms with Gasteiger partial charge in [0.25, 0.3) is 5.91 Å². The molecule has 0 saturated carbocycles. The van der Waals surface area contributed by atoms with Crippen LogP contribution in [0.2, 0.25) is 0 Å². The molecular weight excluding hydrogens is 254 g/mol. The zero-order valence-corrected chi connectivity index (χ0v) is 13.1. The van der Waals surface area contributed by atoms with Crippen LogP contribution in [0.25, 0.3) is 0 Å². The monoisotopic (exact) mass is 279 g/mol. The molecule has 0 aliphatic heterocycles. The van der Waals surface area contributed by atoms with E-state index in [0.29, 0.717) is 5.92 Å². The van der Waals surface area contributed by atoms with Crippen LogP contribution in [0.5, 0.6) is 0 Å². The second-order valence-electron chi connectivity index (χ2n) is 5.79. The lowest BCUT2D eigenvalue weighted by molar-refractivity contribution is 0.0945.